The van der Waals surface area contributed by atoms with Gasteiger partial charge in [-0.15, -0.1) is 0 Å². The molecule has 0 amide bonds. The first-order valence-electron chi connectivity index (χ1n) is 5.99. The van der Waals surface area contributed by atoms with Crippen molar-refractivity contribution in [2.75, 3.05) is 7.11 Å². The third kappa shape index (κ3) is 21.0. The second kappa shape index (κ2) is 20.5. The van der Waals surface area contributed by atoms with Gasteiger partial charge in [-0.25, -0.2) is 4.39 Å². The molecule has 1 nitrogen and oxygen atoms in total. The van der Waals surface area contributed by atoms with Crippen LogP contribution in [0.25, 0.3) is 0 Å². The van der Waals surface area contributed by atoms with Crippen LogP contribution in [0.15, 0.2) is 24.3 Å². The van der Waals surface area contributed by atoms with Crippen molar-refractivity contribution in [2.45, 2.75) is 47.5 Å². The molecule has 102 valence electrons. The molecule has 0 unspecified atom stereocenters. The van der Waals surface area contributed by atoms with Gasteiger partial charge in [0.1, 0.15) is 5.82 Å². The summed E-state index contributed by atoms with van der Waals surface area (Å²) in [6.07, 6.45) is 2.64. The quantitative estimate of drug-likeness (QED) is 0.639. The van der Waals surface area contributed by atoms with E-state index >= 15 is 0 Å². The molecule has 1 rings (SSSR count). The van der Waals surface area contributed by atoms with Gasteiger partial charge in [0.2, 0.25) is 0 Å². The second-order valence-corrected chi connectivity index (χ2v) is 2.90. The average molecular weight is 248 g/mol. The Morgan fingerprint density at radius 3 is 1.59 bits per heavy atom. The molecule has 0 saturated carbocycles. The van der Waals surface area contributed by atoms with E-state index < -0.39 is 0 Å². The highest BCUT2D eigenvalue weighted by Gasteiger charge is 1.88. The second-order valence-electron chi connectivity index (χ2n) is 2.90. The van der Waals surface area contributed by atoms with Crippen molar-refractivity contribution in [2.24, 2.45) is 0 Å². The predicted octanol–water partition coefficient (Wildman–Crippen LogP) is 5.48. The summed E-state index contributed by atoms with van der Waals surface area (Å²) >= 11 is 0. The summed E-state index contributed by atoms with van der Waals surface area (Å²) in [6.45, 7) is 10.1. The molecule has 1 aromatic carbocycles. The minimum Gasteiger partial charge on any atom is -0.207 e. The predicted molar refractivity (Wildman–Crippen MR) is 71.2 cm³/mol. The summed E-state index contributed by atoms with van der Waals surface area (Å²) in [5.74, 6) is -0.132. The van der Waals surface area contributed by atoms with Crippen LogP contribution >= 0.6 is 0 Å². The van der Waals surface area contributed by atoms with Crippen LogP contribution in [0, 0.1) is 12.7 Å². The summed E-state index contributed by atoms with van der Waals surface area (Å²) < 4.78 is 22.1. The Morgan fingerprint density at radius 2 is 1.41 bits per heavy atom. The maximum atomic E-state index is 12.3. The molecule has 0 N–H and O–H groups in total. The minimum atomic E-state index is -0.132. The van der Waals surface area contributed by atoms with Crippen molar-refractivity contribution >= 4 is 0 Å². The van der Waals surface area contributed by atoms with E-state index in [1.807, 2.05) is 19.9 Å². The lowest BCUT2D eigenvalue weighted by atomic mass is 10.2. The first-order chi connectivity index (χ1) is 8.13. The topological polar surface area (TPSA) is 9.23 Å². The molecule has 0 aliphatic rings. The summed E-state index contributed by atoms with van der Waals surface area (Å²) in [5.41, 5.74) is 0.701. The van der Waals surface area contributed by atoms with Gasteiger partial charge in [0.05, 0.1) is 7.11 Å². The van der Waals surface area contributed by atoms with Crippen molar-refractivity contribution in [1.82, 2.24) is 0 Å². The van der Waals surface area contributed by atoms with E-state index in [2.05, 4.69) is 18.8 Å². The number of hydrogen-bond acceptors (Lipinski definition) is 1. The van der Waals surface area contributed by atoms with Crippen molar-refractivity contribution < 1.29 is 13.9 Å². The first-order valence-corrected chi connectivity index (χ1v) is 5.99. The maximum absolute atomic E-state index is 12.3. The highest BCUT2D eigenvalue weighted by molar-refractivity contribution is 5.14. The van der Waals surface area contributed by atoms with Crippen LogP contribution < -0.4 is 0 Å². The Hall–Kier alpha value is -0.960. The number of rotatable bonds is 1. The molecule has 0 bridgehead atoms. The lowest BCUT2D eigenvalue weighted by molar-refractivity contribution is -0.0960. The van der Waals surface area contributed by atoms with Gasteiger partial charge in [0.25, 0.3) is 0 Å². The van der Waals surface area contributed by atoms with Crippen LogP contribution in [0.1, 0.15) is 46.1 Å². The van der Waals surface area contributed by atoms with Gasteiger partial charge in [-0.1, -0.05) is 58.7 Å². The molecule has 0 aliphatic carbocycles. The third-order valence-electron chi connectivity index (χ3n) is 1.58. The van der Waals surface area contributed by atoms with Crippen molar-refractivity contribution in [3.8, 4) is 0 Å². The largest absolute Gasteiger partial charge is 0.207 e. The molecule has 0 fully saturated rings. The van der Waals surface area contributed by atoms with Crippen LogP contribution in [0.4, 0.5) is 8.92 Å². The highest BCUT2D eigenvalue weighted by atomic mass is 19.3. The summed E-state index contributed by atoms with van der Waals surface area (Å²) in [5, 5.41) is 0. The van der Waals surface area contributed by atoms with Crippen molar-refractivity contribution in [1.29, 1.82) is 0 Å². The Balaban J connectivity index is -0.000000186. The maximum Gasteiger partial charge on any atom is 0.126 e. The Bertz CT molecular complexity index is 204. The molecule has 0 aromatic heterocycles. The number of aryl methyl sites for hydroxylation is 1. The molecule has 0 saturated heterocycles. The van der Waals surface area contributed by atoms with Crippen molar-refractivity contribution in [3.63, 3.8) is 0 Å². The van der Waals surface area contributed by atoms with Crippen LogP contribution in [0.2, 0.25) is 0 Å². The van der Waals surface area contributed by atoms with E-state index in [9.17, 15) is 8.92 Å². The van der Waals surface area contributed by atoms with E-state index in [-0.39, 0.29) is 5.82 Å². The van der Waals surface area contributed by atoms with Gasteiger partial charge in [-0.2, -0.15) is 4.94 Å². The summed E-state index contributed by atoms with van der Waals surface area (Å²) in [7, 11) is 0.958. The Morgan fingerprint density at radius 1 is 1.06 bits per heavy atom. The fourth-order valence-corrected chi connectivity index (χ4v) is 0.551. The lowest BCUT2D eigenvalue weighted by Crippen LogP contribution is -1.76. The SMILES string of the molecule is CC.CCCC.COF.Cc1ccccc1F. The normalized spacial score (nSPS) is 7.53. The molecular weight excluding hydrogens is 222 g/mol. The summed E-state index contributed by atoms with van der Waals surface area (Å²) in [4.78, 5) is 2.75. The van der Waals surface area contributed by atoms with Gasteiger partial charge in [-0.05, 0) is 23.1 Å². The average Bonchev–Trinajstić information content (AvgIpc) is 2.37. The van der Waals surface area contributed by atoms with Crippen LogP contribution in [-0.4, -0.2) is 7.11 Å². The molecule has 0 radical (unpaired) electrons. The van der Waals surface area contributed by atoms with Crippen LogP contribution in [-0.2, 0) is 4.94 Å². The molecule has 1 aromatic rings. The van der Waals surface area contributed by atoms with Gasteiger partial charge < -0.3 is 0 Å². The van der Waals surface area contributed by atoms with Crippen molar-refractivity contribution in [3.05, 3.63) is 35.6 Å². The standard InChI is InChI=1S/C7H7F.C4H10.C2H6.CH3FO/c1-6-4-2-3-5-7(6)8;1-3-4-2;1-2;1-3-2/h2-5H,1H3;3-4H2,1-2H3;1-2H3;1H3. The van der Waals surface area contributed by atoms with Crippen LogP contribution in [0.5, 0.6) is 0 Å². The fourth-order valence-electron chi connectivity index (χ4n) is 0.551. The number of unbranched alkanes of at least 4 members (excludes halogenated alkanes) is 1. The third-order valence-corrected chi connectivity index (χ3v) is 1.58. The first kappa shape index (κ1) is 21.3. The highest BCUT2D eigenvalue weighted by Crippen LogP contribution is 2.01. The Labute approximate surface area is 105 Å². The molecule has 0 atom stereocenters. The van der Waals surface area contributed by atoms with Gasteiger partial charge in [0.15, 0.2) is 0 Å². The monoisotopic (exact) mass is 248 g/mol. The molecule has 0 aliphatic heterocycles. The zero-order chi connectivity index (χ0) is 14.1. The lowest BCUT2D eigenvalue weighted by Gasteiger charge is -1.89. The number of benzene rings is 1. The molecule has 17 heavy (non-hydrogen) atoms. The van der Waals surface area contributed by atoms with E-state index in [4.69, 9.17) is 0 Å². The van der Waals surface area contributed by atoms with Crippen LogP contribution in [0.3, 0.4) is 0 Å². The molecular formula is C14H26F2O. The summed E-state index contributed by atoms with van der Waals surface area (Å²) in [6, 6.07) is 6.70. The van der Waals surface area contributed by atoms with E-state index in [0.29, 0.717) is 5.56 Å². The van der Waals surface area contributed by atoms with E-state index in [1.165, 1.54) is 18.9 Å². The fraction of sp³-hybridized carbons (Fsp3) is 0.571. The van der Waals surface area contributed by atoms with Gasteiger partial charge in [-0.3, -0.25) is 0 Å². The number of halogens is 2. The van der Waals surface area contributed by atoms with Gasteiger partial charge in [0, 0.05) is 0 Å². The smallest absolute Gasteiger partial charge is 0.126 e. The van der Waals surface area contributed by atoms with E-state index in [1.54, 1.807) is 19.1 Å². The zero-order valence-corrected chi connectivity index (χ0v) is 11.9. The zero-order valence-electron chi connectivity index (χ0n) is 11.9. The molecule has 0 spiro atoms. The van der Waals surface area contributed by atoms with Gasteiger partial charge >= 0.3 is 0 Å². The molecule has 0 heterocycles. The minimum absolute atomic E-state index is 0.132. The van der Waals surface area contributed by atoms with E-state index in [0.717, 1.165) is 7.11 Å². The molecule has 3 heteroatoms. The Kier molecular flexibility index (Phi) is 25.7. The number of hydrogen-bond donors (Lipinski definition) is 0.